The first kappa shape index (κ1) is 13.9. The molecule has 0 aromatic heterocycles. The van der Waals surface area contributed by atoms with Crippen molar-refractivity contribution < 1.29 is 0 Å². The van der Waals surface area contributed by atoms with E-state index in [2.05, 4.69) is 33.0 Å². The van der Waals surface area contributed by atoms with Gasteiger partial charge in [-0.15, -0.1) is 0 Å². The second-order valence-corrected chi connectivity index (χ2v) is 4.65. The van der Waals surface area contributed by atoms with Gasteiger partial charge in [-0.25, -0.2) is 0 Å². The summed E-state index contributed by atoms with van der Waals surface area (Å²) >= 11 is 0. The maximum absolute atomic E-state index is 5.73. The van der Waals surface area contributed by atoms with Gasteiger partial charge in [0.15, 0.2) is 0 Å². The zero-order chi connectivity index (χ0) is 11.0. The first-order valence-electron chi connectivity index (χ1n) is 6.07. The molecular formula is C12H28N2. The van der Waals surface area contributed by atoms with E-state index in [4.69, 9.17) is 5.73 Å². The Bertz CT molecular complexity index is 119. The van der Waals surface area contributed by atoms with Crippen molar-refractivity contribution in [2.75, 3.05) is 13.1 Å². The minimum atomic E-state index is 0.510. The van der Waals surface area contributed by atoms with Crippen LogP contribution in [0.15, 0.2) is 0 Å². The molecule has 0 bridgehead atoms. The van der Waals surface area contributed by atoms with Gasteiger partial charge < -0.3 is 11.1 Å². The van der Waals surface area contributed by atoms with Crippen molar-refractivity contribution in [3.63, 3.8) is 0 Å². The average Bonchev–Trinajstić information content (AvgIpc) is 2.17. The molecule has 0 amide bonds. The average molecular weight is 200 g/mol. The van der Waals surface area contributed by atoms with Crippen LogP contribution < -0.4 is 11.1 Å². The van der Waals surface area contributed by atoms with E-state index in [-0.39, 0.29) is 0 Å². The van der Waals surface area contributed by atoms with Gasteiger partial charge in [-0.1, -0.05) is 40.5 Å². The molecule has 0 aromatic carbocycles. The van der Waals surface area contributed by atoms with Gasteiger partial charge in [0.2, 0.25) is 0 Å². The quantitative estimate of drug-likeness (QED) is 0.631. The summed E-state index contributed by atoms with van der Waals surface area (Å²) in [6.45, 7) is 10.9. The smallest absolute Gasteiger partial charge is 0.0192 e. The molecule has 0 rings (SSSR count). The molecule has 0 saturated heterocycles. The second kappa shape index (κ2) is 8.25. The molecule has 0 aliphatic rings. The van der Waals surface area contributed by atoms with E-state index in [1.54, 1.807) is 0 Å². The molecule has 2 nitrogen and oxygen atoms in total. The lowest BCUT2D eigenvalue weighted by Crippen LogP contribution is -2.39. The SMILES string of the molecule is CCC(CC)CNC(CN)CC(C)C. The molecule has 2 heteroatoms. The van der Waals surface area contributed by atoms with E-state index in [9.17, 15) is 0 Å². The van der Waals surface area contributed by atoms with Crippen LogP contribution in [-0.4, -0.2) is 19.1 Å². The molecule has 0 saturated carbocycles. The molecule has 1 unspecified atom stereocenters. The minimum absolute atomic E-state index is 0.510. The van der Waals surface area contributed by atoms with E-state index in [0.717, 1.165) is 24.9 Å². The van der Waals surface area contributed by atoms with Crippen LogP contribution in [0.5, 0.6) is 0 Å². The van der Waals surface area contributed by atoms with Crippen molar-refractivity contribution >= 4 is 0 Å². The van der Waals surface area contributed by atoms with Gasteiger partial charge in [0, 0.05) is 12.6 Å². The third kappa shape index (κ3) is 6.39. The van der Waals surface area contributed by atoms with Crippen molar-refractivity contribution in [1.82, 2.24) is 5.32 Å². The lowest BCUT2D eigenvalue weighted by atomic mass is 10.0. The maximum Gasteiger partial charge on any atom is 0.0192 e. The van der Waals surface area contributed by atoms with Gasteiger partial charge in [0.25, 0.3) is 0 Å². The first-order chi connectivity index (χ1) is 6.63. The fraction of sp³-hybridized carbons (Fsp3) is 1.00. The zero-order valence-electron chi connectivity index (χ0n) is 10.3. The number of rotatable bonds is 8. The van der Waals surface area contributed by atoms with Crippen LogP contribution in [0.2, 0.25) is 0 Å². The summed E-state index contributed by atoms with van der Waals surface area (Å²) in [5.41, 5.74) is 5.73. The lowest BCUT2D eigenvalue weighted by molar-refractivity contribution is 0.372. The zero-order valence-corrected chi connectivity index (χ0v) is 10.3. The lowest BCUT2D eigenvalue weighted by Gasteiger charge is -2.22. The van der Waals surface area contributed by atoms with E-state index < -0.39 is 0 Å². The first-order valence-corrected chi connectivity index (χ1v) is 6.07. The Hall–Kier alpha value is -0.0800. The maximum atomic E-state index is 5.73. The van der Waals surface area contributed by atoms with Crippen LogP contribution in [-0.2, 0) is 0 Å². The fourth-order valence-electron chi connectivity index (χ4n) is 1.74. The molecular weight excluding hydrogens is 172 g/mol. The standard InChI is InChI=1S/C12H28N2/c1-5-11(6-2)9-14-12(8-13)7-10(3)4/h10-12,14H,5-9,13H2,1-4H3. The topological polar surface area (TPSA) is 38.0 Å². The van der Waals surface area contributed by atoms with Crippen LogP contribution in [0.4, 0.5) is 0 Å². The van der Waals surface area contributed by atoms with Gasteiger partial charge >= 0.3 is 0 Å². The Balaban J connectivity index is 3.70. The fourth-order valence-corrected chi connectivity index (χ4v) is 1.74. The van der Waals surface area contributed by atoms with E-state index >= 15 is 0 Å². The molecule has 0 radical (unpaired) electrons. The molecule has 1 atom stereocenters. The minimum Gasteiger partial charge on any atom is -0.329 e. The molecule has 14 heavy (non-hydrogen) atoms. The highest BCUT2D eigenvalue weighted by Gasteiger charge is 2.10. The molecule has 0 fully saturated rings. The summed E-state index contributed by atoms with van der Waals surface area (Å²) in [5.74, 6) is 1.55. The highest BCUT2D eigenvalue weighted by atomic mass is 14.9. The third-order valence-electron chi connectivity index (χ3n) is 2.89. The van der Waals surface area contributed by atoms with Crippen LogP contribution in [0, 0.1) is 11.8 Å². The van der Waals surface area contributed by atoms with Crippen molar-refractivity contribution in [1.29, 1.82) is 0 Å². The predicted molar refractivity (Wildman–Crippen MR) is 64.4 cm³/mol. The van der Waals surface area contributed by atoms with Crippen molar-refractivity contribution in [3.05, 3.63) is 0 Å². The van der Waals surface area contributed by atoms with Crippen molar-refractivity contribution in [2.24, 2.45) is 17.6 Å². The molecule has 0 aliphatic heterocycles. The molecule has 0 spiro atoms. The highest BCUT2D eigenvalue weighted by molar-refractivity contribution is 4.71. The van der Waals surface area contributed by atoms with Crippen LogP contribution in [0.3, 0.4) is 0 Å². The van der Waals surface area contributed by atoms with E-state index in [0.29, 0.717) is 6.04 Å². The van der Waals surface area contributed by atoms with Gasteiger partial charge in [-0.05, 0) is 24.8 Å². The summed E-state index contributed by atoms with van der Waals surface area (Å²) < 4.78 is 0. The van der Waals surface area contributed by atoms with Crippen LogP contribution in [0.25, 0.3) is 0 Å². The highest BCUT2D eigenvalue weighted by Crippen LogP contribution is 2.08. The van der Waals surface area contributed by atoms with Crippen molar-refractivity contribution in [3.8, 4) is 0 Å². The number of nitrogens with one attached hydrogen (secondary N) is 1. The largest absolute Gasteiger partial charge is 0.329 e. The summed E-state index contributed by atoms with van der Waals surface area (Å²) in [7, 11) is 0. The molecule has 3 N–H and O–H groups in total. The molecule has 0 heterocycles. The number of hydrogen-bond donors (Lipinski definition) is 2. The number of nitrogens with two attached hydrogens (primary N) is 1. The van der Waals surface area contributed by atoms with Crippen molar-refractivity contribution in [2.45, 2.75) is 53.0 Å². The summed E-state index contributed by atoms with van der Waals surface area (Å²) in [4.78, 5) is 0. The Kier molecular flexibility index (Phi) is 8.20. The van der Waals surface area contributed by atoms with Gasteiger partial charge in [0.05, 0.1) is 0 Å². The van der Waals surface area contributed by atoms with Gasteiger partial charge in [-0.2, -0.15) is 0 Å². The summed E-state index contributed by atoms with van der Waals surface area (Å²) in [6.07, 6.45) is 3.72. The molecule has 0 aliphatic carbocycles. The summed E-state index contributed by atoms with van der Waals surface area (Å²) in [6, 6.07) is 0.510. The normalized spacial score (nSPS) is 13.9. The summed E-state index contributed by atoms with van der Waals surface area (Å²) in [5, 5.41) is 3.58. The number of hydrogen-bond acceptors (Lipinski definition) is 2. The van der Waals surface area contributed by atoms with Crippen LogP contribution >= 0.6 is 0 Å². The molecule has 0 aromatic rings. The van der Waals surface area contributed by atoms with Crippen LogP contribution in [0.1, 0.15) is 47.0 Å². The Morgan fingerprint density at radius 2 is 1.71 bits per heavy atom. The Morgan fingerprint density at radius 1 is 1.14 bits per heavy atom. The monoisotopic (exact) mass is 200 g/mol. The second-order valence-electron chi connectivity index (χ2n) is 4.65. The van der Waals surface area contributed by atoms with Gasteiger partial charge in [0.1, 0.15) is 0 Å². The van der Waals surface area contributed by atoms with E-state index in [1.807, 2.05) is 0 Å². The van der Waals surface area contributed by atoms with Gasteiger partial charge in [-0.3, -0.25) is 0 Å². The predicted octanol–water partition coefficient (Wildman–Crippen LogP) is 2.39. The molecule has 86 valence electrons. The third-order valence-corrected chi connectivity index (χ3v) is 2.89. The Labute approximate surface area is 89.6 Å². The van der Waals surface area contributed by atoms with E-state index in [1.165, 1.54) is 19.3 Å². The Morgan fingerprint density at radius 3 is 2.07 bits per heavy atom.